The fourth-order valence-corrected chi connectivity index (χ4v) is 1.24. The van der Waals surface area contributed by atoms with Crippen LogP contribution in [0.25, 0.3) is 0 Å². The average Bonchev–Trinajstić information content (AvgIpc) is 2.13. The number of nitrogens with one attached hydrogen (secondary N) is 1. The molecule has 88 valence electrons. The number of benzene rings is 1. The Morgan fingerprint density at radius 2 is 2.06 bits per heavy atom. The number of anilines is 1. The molecule has 0 aromatic heterocycles. The van der Waals surface area contributed by atoms with E-state index in [4.69, 9.17) is 5.11 Å². The summed E-state index contributed by atoms with van der Waals surface area (Å²) in [6, 6.07) is 4.02. The van der Waals surface area contributed by atoms with E-state index in [1.807, 2.05) is 20.8 Å². The predicted octanol–water partition coefficient (Wildman–Crippen LogP) is 2.98. The molecule has 0 unspecified atom stereocenters. The van der Waals surface area contributed by atoms with Crippen molar-refractivity contribution in [2.45, 2.75) is 20.8 Å². The number of aromatic carboxylic acids is 1. The highest BCUT2D eigenvalue weighted by molar-refractivity contribution is 5.94. The van der Waals surface area contributed by atoms with Crippen LogP contribution in [0.1, 0.15) is 31.1 Å². The Hall–Kier alpha value is -1.58. The van der Waals surface area contributed by atoms with E-state index in [0.29, 0.717) is 6.54 Å². The Bertz CT molecular complexity index is 396. The van der Waals surface area contributed by atoms with Gasteiger partial charge in [-0.15, -0.1) is 0 Å². The van der Waals surface area contributed by atoms with Crippen LogP contribution >= 0.6 is 0 Å². The molecule has 0 saturated heterocycles. The summed E-state index contributed by atoms with van der Waals surface area (Å²) >= 11 is 0. The van der Waals surface area contributed by atoms with Gasteiger partial charge in [-0.05, 0) is 17.5 Å². The second-order valence-corrected chi connectivity index (χ2v) is 4.88. The first-order valence-electron chi connectivity index (χ1n) is 5.07. The summed E-state index contributed by atoms with van der Waals surface area (Å²) in [5, 5.41) is 11.8. The van der Waals surface area contributed by atoms with Crippen LogP contribution < -0.4 is 5.32 Å². The molecule has 0 saturated carbocycles. The standard InChI is InChI=1S/C12H16FNO2/c1-12(2,3)7-14-10-8(11(15)16)5-4-6-9(10)13/h4-6,14H,7H2,1-3H3,(H,15,16). The molecule has 0 atom stereocenters. The Labute approximate surface area is 94.3 Å². The van der Waals surface area contributed by atoms with Crippen molar-refractivity contribution in [2.24, 2.45) is 5.41 Å². The van der Waals surface area contributed by atoms with Crippen molar-refractivity contribution in [3.63, 3.8) is 0 Å². The zero-order valence-electron chi connectivity index (χ0n) is 9.67. The van der Waals surface area contributed by atoms with Gasteiger partial charge >= 0.3 is 5.97 Å². The summed E-state index contributed by atoms with van der Waals surface area (Å²) in [5.74, 6) is -1.67. The van der Waals surface area contributed by atoms with Crippen molar-refractivity contribution < 1.29 is 14.3 Å². The van der Waals surface area contributed by atoms with Gasteiger partial charge in [-0.25, -0.2) is 9.18 Å². The molecule has 0 radical (unpaired) electrons. The molecule has 1 aromatic rings. The van der Waals surface area contributed by atoms with Crippen molar-refractivity contribution in [3.05, 3.63) is 29.6 Å². The lowest BCUT2D eigenvalue weighted by atomic mass is 9.96. The molecule has 0 amide bonds. The SMILES string of the molecule is CC(C)(C)CNc1c(F)cccc1C(=O)O. The molecular formula is C12H16FNO2. The normalized spacial score (nSPS) is 11.2. The molecule has 3 nitrogen and oxygen atoms in total. The summed E-state index contributed by atoms with van der Waals surface area (Å²) in [6.45, 7) is 6.47. The summed E-state index contributed by atoms with van der Waals surface area (Å²) in [6.07, 6.45) is 0. The van der Waals surface area contributed by atoms with E-state index in [-0.39, 0.29) is 16.7 Å². The number of rotatable bonds is 3. The first-order valence-corrected chi connectivity index (χ1v) is 5.07. The predicted molar refractivity (Wildman–Crippen MR) is 61.3 cm³/mol. The van der Waals surface area contributed by atoms with E-state index >= 15 is 0 Å². The third-order valence-corrected chi connectivity index (χ3v) is 2.04. The lowest BCUT2D eigenvalue weighted by Crippen LogP contribution is -2.21. The molecule has 0 fully saturated rings. The van der Waals surface area contributed by atoms with Gasteiger partial charge in [-0.3, -0.25) is 0 Å². The largest absolute Gasteiger partial charge is 0.478 e. The summed E-state index contributed by atoms with van der Waals surface area (Å²) < 4.78 is 13.5. The summed E-state index contributed by atoms with van der Waals surface area (Å²) in [7, 11) is 0. The van der Waals surface area contributed by atoms with Gasteiger partial charge in [0.2, 0.25) is 0 Å². The van der Waals surface area contributed by atoms with Gasteiger partial charge in [-0.2, -0.15) is 0 Å². The van der Waals surface area contributed by atoms with Gasteiger partial charge in [0.25, 0.3) is 0 Å². The van der Waals surface area contributed by atoms with E-state index < -0.39 is 11.8 Å². The fourth-order valence-electron chi connectivity index (χ4n) is 1.24. The van der Waals surface area contributed by atoms with Gasteiger partial charge in [-0.1, -0.05) is 26.8 Å². The number of carbonyl (C=O) groups is 1. The van der Waals surface area contributed by atoms with Gasteiger partial charge in [0, 0.05) is 6.54 Å². The number of hydrogen-bond donors (Lipinski definition) is 2. The zero-order chi connectivity index (χ0) is 12.3. The highest BCUT2D eigenvalue weighted by Gasteiger charge is 2.16. The fraction of sp³-hybridized carbons (Fsp3) is 0.417. The van der Waals surface area contributed by atoms with Gasteiger partial charge in [0.05, 0.1) is 11.3 Å². The Morgan fingerprint density at radius 3 is 2.56 bits per heavy atom. The molecule has 16 heavy (non-hydrogen) atoms. The lowest BCUT2D eigenvalue weighted by Gasteiger charge is -2.20. The maximum atomic E-state index is 13.5. The Balaban J connectivity index is 2.98. The van der Waals surface area contributed by atoms with Crippen LogP contribution in [-0.4, -0.2) is 17.6 Å². The molecular weight excluding hydrogens is 209 g/mol. The monoisotopic (exact) mass is 225 g/mol. The van der Waals surface area contributed by atoms with E-state index in [1.54, 1.807) is 0 Å². The highest BCUT2D eigenvalue weighted by Crippen LogP contribution is 2.22. The minimum Gasteiger partial charge on any atom is -0.478 e. The number of carboxylic acids is 1. The van der Waals surface area contributed by atoms with Crippen LogP contribution in [0.15, 0.2) is 18.2 Å². The topological polar surface area (TPSA) is 49.3 Å². The van der Waals surface area contributed by atoms with E-state index in [0.717, 1.165) is 0 Å². The van der Waals surface area contributed by atoms with Crippen LogP contribution in [0.2, 0.25) is 0 Å². The van der Waals surface area contributed by atoms with Crippen LogP contribution in [-0.2, 0) is 0 Å². The summed E-state index contributed by atoms with van der Waals surface area (Å²) in [5.41, 5.74) is -0.0212. The molecule has 1 rings (SSSR count). The number of para-hydroxylation sites is 1. The van der Waals surface area contributed by atoms with Gasteiger partial charge in [0.15, 0.2) is 0 Å². The minimum absolute atomic E-state index is 0.0377. The molecule has 0 aliphatic heterocycles. The van der Waals surface area contributed by atoms with Crippen molar-refractivity contribution in [2.75, 3.05) is 11.9 Å². The first kappa shape index (κ1) is 12.5. The molecule has 0 aliphatic carbocycles. The van der Waals surface area contributed by atoms with Crippen LogP contribution in [0.3, 0.4) is 0 Å². The van der Waals surface area contributed by atoms with Crippen LogP contribution in [0.5, 0.6) is 0 Å². The van der Waals surface area contributed by atoms with Crippen molar-refractivity contribution in [1.82, 2.24) is 0 Å². The Morgan fingerprint density at radius 1 is 1.44 bits per heavy atom. The average molecular weight is 225 g/mol. The second kappa shape index (κ2) is 4.51. The maximum absolute atomic E-state index is 13.5. The molecule has 0 heterocycles. The zero-order valence-corrected chi connectivity index (χ0v) is 9.67. The number of halogens is 1. The second-order valence-electron chi connectivity index (χ2n) is 4.88. The third kappa shape index (κ3) is 3.22. The van der Waals surface area contributed by atoms with E-state index in [1.165, 1.54) is 18.2 Å². The van der Waals surface area contributed by atoms with Crippen molar-refractivity contribution in [1.29, 1.82) is 0 Å². The van der Waals surface area contributed by atoms with Gasteiger partial charge < -0.3 is 10.4 Å². The first-order chi connectivity index (χ1) is 7.31. The summed E-state index contributed by atoms with van der Waals surface area (Å²) in [4.78, 5) is 10.9. The molecule has 2 N–H and O–H groups in total. The molecule has 1 aromatic carbocycles. The van der Waals surface area contributed by atoms with Crippen LogP contribution in [0, 0.1) is 11.2 Å². The van der Waals surface area contributed by atoms with Crippen LogP contribution in [0.4, 0.5) is 10.1 Å². The third-order valence-electron chi connectivity index (χ3n) is 2.04. The molecule has 0 spiro atoms. The highest BCUT2D eigenvalue weighted by atomic mass is 19.1. The van der Waals surface area contributed by atoms with Gasteiger partial charge in [0.1, 0.15) is 5.82 Å². The Kier molecular flexibility index (Phi) is 3.52. The number of carboxylic acid groups (broad SMARTS) is 1. The molecule has 0 aliphatic rings. The smallest absolute Gasteiger partial charge is 0.337 e. The van der Waals surface area contributed by atoms with Crippen molar-refractivity contribution >= 4 is 11.7 Å². The quantitative estimate of drug-likeness (QED) is 0.831. The number of hydrogen-bond acceptors (Lipinski definition) is 2. The molecule has 0 bridgehead atoms. The van der Waals surface area contributed by atoms with E-state index in [9.17, 15) is 9.18 Å². The maximum Gasteiger partial charge on any atom is 0.337 e. The van der Waals surface area contributed by atoms with E-state index in [2.05, 4.69) is 5.32 Å². The minimum atomic E-state index is -1.13. The lowest BCUT2D eigenvalue weighted by molar-refractivity contribution is 0.0697. The van der Waals surface area contributed by atoms with Crippen molar-refractivity contribution in [3.8, 4) is 0 Å². The molecule has 4 heteroatoms.